The first-order chi connectivity index (χ1) is 10.8. The Balaban J connectivity index is 0.00000312. The Hall–Kier alpha value is 0.170. The molecule has 150 valence electrons. The van der Waals surface area contributed by atoms with Crippen LogP contribution in [0.4, 0.5) is 0 Å². The van der Waals surface area contributed by atoms with Gasteiger partial charge in [0.2, 0.25) is 0 Å². The molecule has 2 aliphatic rings. The van der Waals surface area contributed by atoms with Gasteiger partial charge in [0.25, 0.3) is 0 Å². The van der Waals surface area contributed by atoms with Crippen LogP contribution in [-0.4, -0.2) is 36.0 Å². The van der Waals surface area contributed by atoms with Crippen LogP contribution >= 0.6 is 12.4 Å². The highest BCUT2D eigenvalue weighted by atomic mass is 35.5. The molecule has 4 heteroatoms. The maximum atomic E-state index is 10.4. The predicted molar refractivity (Wildman–Crippen MR) is 108 cm³/mol. The van der Waals surface area contributed by atoms with Crippen LogP contribution in [0.5, 0.6) is 0 Å². The van der Waals surface area contributed by atoms with Crippen molar-refractivity contribution in [2.45, 2.75) is 98.8 Å². The van der Waals surface area contributed by atoms with Crippen LogP contribution in [0.1, 0.15) is 81.1 Å². The third-order valence-corrected chi connectivity index (χ3v) is 6.38. The lowest BCUT2D eigenvalue weighted by Crippen LogP contribution is -2.48. The van der Waals surface area contributed by atoms with Crippen molar-refractivity contribution in [3.63, 3.8) is 0 Å². The second-order valence-corrected chi connectivity index (χ2v) is 11.3. The lowest BCUT2D eigenvalue weighted by molar-refractivity contribution is -0.110. The third kappa shape index (κ3) is 5.57. The lowest BCUT2D eigenvalue weighted by atomic mass is 9.70. The smallest absolute Gasteiger partial charge is 0.0898 e. The average Bonchev–Trinajstić information content (AvgIpc) is 2.84. The zero-order valence-corrected chi connectivity index (χ0v) is 18.6. The second-order valence-electron chi connectivity index (χ2n) is 11.3. The van der Waals surface area contributed by atoms with E-state index in [0.717, 1.165) is 12.3 Å². The van der Waals surface area contributed by atoms with E-state index >= 15 is 0 Å². The van der Waals surface area contributed by atoms with Gasteiger partial charge in [0, 0.05) is 12.1 Å². The number of ether oxygens (including phenoxy) is 1. The Labute approximate surface area is 162 Å². The summed E-state index contributed by atoms with van der Waals surface area (Å²) in [6.45, 7) is 19.3. The molecule has 2 saturated carbocycles. The van der Waals surface area contributed by atoms with Gasteiger partial charge in [0.15, 0.2) is 0 Å². The van der Waals surface area contributed by atoms with Crippen molar-refractivity contribution >= 4 is 12.4 Å². The topological polar surface area (TPSA) is 41.5 Å². The van der Waals surface area contributed by atoms with Gasteiger partial charge >= 0.3 is 0 Å². The van der Waals surface area contributed by atoms with Gasteiger partial charge in [0.05, 0.1) is 18.8 Å². The van der Waals surface area contributed by atoms with Crippen LogP contribution in [0, 0.1) is 22.2 Å². The average molecular weight is 376 g/mol. The third-order valence-electron chi connectivity index (χ3n) is 6.38. The number of hydrogen-bond acceptors (Lipinski definition) is 3. The lowest BCUT2D eigenvalue weighted by Gasteiger charge is -2.42. The molecule has 25 heavy (non-hydrogen) atoms. The molecule has 4 unspecified atom stereocenters. The Morgan fingerprint density at radius 3 is 2.24 bits per heavy atom. The molecule has 0 aromatic carbocycles. The van der Waals surface area contributed by atoms with Crippen molar-refractivity contribution < 1.29 is 9.84 Å². The molecule has 2 aliphatic carbocycles. The number of rotatable bonds is 7. The fourth-order valence-corrected chi connectivity index (χ4v) is 5.72. The molecule has 4 atom stereocenters. The minimum atomic E-state index is -0.442. The first-order valence-electron chi connectivity index (χ1n) is 9.80. The molecule has 0 aliphatic heterocycles. The number of β-amino-alcohol motifs (C(OH)–C–C–N with tert-alkyl or cyclic N) is 1. The molecule has 0 aromatic rings. The zero-order chi connectivity index (χ0) is 18.4. The molecule has 0 radical (unpaired) electrons. The minimum Gasteiger partial charge on any atom is -0.389 e. The molecule has 2 rings (SSSR count). The SMILES string of the molecule is CC(C)(C)CC(C)(C)NCC(O)COC1C2(C)CCC(C2)C1(C)C.Cl. The Morgan fingerprint density at radius 1 is 1.16 bits per heavy atom. The summed E-state index contributed by atoms with van der Waals surface area (Å²) in [5.41, 5.74) is 0.856. The molecule has 3 nitrogen and oxygen atoms in total. The molecule has 2 bridgehead atoms. The first kappa shape index (κ1) is 23.2. The Kier molecular flexibility index (Phi) is 7.11. The van der Waals surface area contributed by atoms with Gasteiger partial charge in [-0.1, -0.05) is 41.5 Å². The summed E-state index contributed by atoms with van der Waals surface area (Å²) in [5.74, 6) is 0.786. The summed E-state index contributed by atoms with van der Waals surface area (Å²) in [6, 6.07) is 0. The summed E-state index contributed by atoms with van der Waals surface area (Å²) in [7, 11) is 0. The van der Waals surface area contributed by atoms with E-state index in [4.69, 9.17) is 4.74 Å². The molecule has 0 spiro atoms. The molecular formula is C21H42ClNO2. The van der Waals surface area contributed by atoms with Crippen molar-refractivity contribution in [2.24, 2.45) is 22.2 Å². The van der Waals surface area contributed by atoms with Gasteiger partial charge in [-0.2, -0.15) is 0 Å². The largest absolute Gasteiger partial charge is 0.389 e. The number of fused-ring (bicyclic) bond motifs is 2. The van der Waals surface area contributed by atoms with E-state index in [-0.39, 0.29) is 34.9 Å². The highest BCUT2D eigenvalue weighted by Gasteiger charge is 2.60. The maximum absolute atomic E-state index is 10.4. The monoisotopic (exact) mass is 375 g/mol. The van der Waals surface area contributed by atoms with Crippen LogP contribution < -0.4 is 5.32 Å². The van der Waals surface area contributed by atoms with E-state index < -0.39 is 6.10 Å². The maximum Gasteiger partial charge on any atom is 0.0898 e. The van der Waals surface area contributed by atoms with Crippen LogP contribution in [-0.2, 0) is 4.74 Å². The molecule has 0 amide bonds. The van der Waals surface area contributed by atoms with E-state index in [1.165, 1.54) is 19.3 Å². The van der Waals surface area contributed by atoms with E-state index in [9.17, 15) is 5.11 Å². The van der Waals surface area contributed by atoms with Crippen molar-refractivity contribution in [2.75, 3.05) is 13.2 Å². The predicted octanol–water partition coefficient (Wildman–Crippen LogP) is 4.80. The summed E-state index contributed by atoms with van der Waals surface area (Å²) in [6.07, 6.45) is 4.82. The first-order valence-corrected chi connectivity index (χ1v) is 9.80. The van der Waals surface area contributed by atoms with E-state index in [1.807, 2.05) is 0 Å². The molecule has 2 N–H and O–H groups in total. The van der Waals surface area contributed by atoms with Gasteiger partial charge in [-0.25, -0.2) is 0 Å². The number of nitrogens with one attached hydrogen (secondary N) is 1. The zero-order valence-electron chi connectivity index (χ0n) is 17.7. The fourth-order valence-electron chi connectivity index (χ4n) is 5.72. The van der Waals surface area contributed by atoms with Crippen LogP contribution in [0.25, 0.3) is 0 Å². The standard InChI is InChI=1S/C21H41NO2.ClH/c1-18(2,3)14-19(4,5)22-12-16(23)13-24-17-20(6,7)15-9-10-21(17,8)11-15;/h15-17,22-23H,9-14H2,1-8H3;1H. The van der Waals surface area contributed by atoms with Crippen molar-refractivity contribution in [3.8, 4) is 0 Å². The minimum absolute atomic E-state index is 0. The van der Waals surface area contributed by atoms with E-state index in [0.29, 0.717) is 18.6 Å². The van der Waals surface area contributed by atoms with Gasteiger partial charge in [-0.05, 0) is 61.7 Å². The summed E-state index contributed by atoms with van der Waals surface area (Å²) >= 11 is 0. The summed E-state index contributed by atoms with van der Waals surface area (Å²) in [5, 5.41) is 13.9. The second kappa shape index (κ2) is 7.66. The van der Waals surface area contributed by atoms with Gasteiger partial charge in [-0.3, -0.25) is 0 Å². The molecular weight excluding hydrogens is 334 g/mol. The van der Waals surface area contributed by atoms with Crippen LogP contribution in [0.3, 0.4) is 0 Å². The molecule has 2 fully saturated rings. The molecule has 0 saturated heterocycles. The highest BCUT2D eigenvalue weighted by Crippen LogP contribution is 2.63. The van der Waals surface area contributed by atoms with Gasteiger partial charge < -0.3 is 15.2 Å². The van der Waals surface area contributed by atoms with Crippen molar-refractivity contribution in [1.82, 2.24) is 5.32 Å². The van der Waals surface area contributed by atoms with Gasteiger partial charge in [-0.15, -0.1) is 12.4 Å². The number of aliphatic hydroxyl groups excluding tert-OH is 1. The normalized spacial score (nSPS) is 32.5. The highest BCUT2D eigenvalue weighted by molar-refractivity contribution is 5.85. The number of aliphatic hydroxyl groups is 1. The summed E-state index contributed by atoms with van der Waals surface area (Å²) < 4.78 is 6.29. The van der Waals surface area contributed by atoms with E-state index in [1.54, 1.807) is 0 Å². The van der Waals surface area contributed by atoms with Crippen LogP contribution in [0.15, 0.2) is 0 Å². The fraction of sp³-hybridized carbons (Fsp3) is 1.00. The Bertz CT molecular complexity index is 439. The van der Waals surface area contributed by atoms with Crippen molar-refractivity contribution in [1.29, 1.82) is 0 Å². The quantitative estimate of drug-likeness (QED) is 0.671. The molecule has 0 heterocycles. The van der Waals surface area contributed by atoms with E-state index in [2.05, 4.69) is 60.7 Å². The molecule has 0 aromatic heterocycles. The number of hydrogen-bond donors (Lipinski definition) is 2. The van der Waals surface area contributed by atoms with Crippen LogP contribution in [0.2, 0.25) is 0 Å². The Morgan fingerprint density at radius 2 is 1.76 bits per heavy atom. The summed E-state index contributed by atoms with van der Waals surface area (Å²) in [4.78, 5) is 0. The van der Waals surface area contributed by atoms with Gasteiger partial charge in [0.1, 0.15) is 0 Å². The number of halogens is 1. The van der Waals surface area contributed by atoms with Crippen molar-refractivity contribution in [3.05, 3.63) is 0 Å².